The largest absolute Gasteiger partial charge is 0.330 e. The first-order valence-corrected chi connectivity index (χ1v) is 6.49. The summed E-state index contributed by atoms with van der Waals surface area (Å²) in [5, 5.41) is 0. The van der Waals surface area contributed by atoms with Gasteiger partial charge < -0.3 is 5.73 Å². The van der Waals surface area contributed by atoms with Gasteiger partial charge in [0.25, 0.3) is 0 Å². The fourth-order valence-corrected chi connectivity index (χ4v) is 2.40. The number of nitrogens with zero attached hydrogens (tertiary/aromatic N) is 1. The summed E-state index contributed by atoms with van der Waals surface area (Å²) in [6.07, 6.45) is 4.55. The predicted octanol–water partition coefficient (Wildman–Crippen LogP) is 2.31. The van der Waals surface area contributed by atoms with Crippen molar-refractivity contribution in [2.75, 3.05) is 19.6 Å². The van der Waals surface area contributed by atoms with Crippen LogP contribution >= 0.6 is 0 Å². The molecule has 0 spiro atoms. The van der Waals surface area contributed by atoms with Crippen molar-refractivity contribution in [2.45, 2.75) is 32.2 Å². The molecule has 1 aliphatic rings. The lowest BCUT2D eigenvalue weighted by molar-refractivity contribution is 0.218. The van der Waals surface area contributed by atoms with E-state index in [1.165, 1.54) is 19.3 Å². The second kappa shape index (κ2) is 6.12. The summed E-state index contributed by atoms with van der Waals surface area (Å²) in [5.41, 5.74) is 7.27. The molecule has 17 heavy (non-hydrogen) atoms. The molecule has 1 aromatic carbocycles. The summed E-state index contributed by atoms with van der Waals surface area (Å²) in [4.78, 5) is 2.34. The second-order valence-electron chi connectivity index (χ2n) is 4.80. The van der Waals surface area contributed by atoms with Gasteiger partial charge in [0.2, 0.25) is 0 Å². The van der Waals surface area contributed by atoms with Gasteiger partial charge >= 0.3 is 0 Å². The Bertz CT molecular complexity index is 359. The van der Waals surface area contributed by atoms with Gasteiger partial charge in [-0.1, -0.05) is 18.6 Å². The Morgan fingerprint density at radius 3 is 2.59 bits per heavy atom. The standard InChI is InChI=1S/C14H21FN2/c15-14-10-12(6-7-16)4-5-13(14)11-17-8-2-1-3-9-17/h4-5,10H,1-3,6-9,11,16H2. The average Bonchev–Trinajstić information content (AvgIpc) is 2.34. The normalized spacial score (nSPS) is 17.3. The van der Waals surface area contributed by atoms with E-state index < -0.39 is 0 Å². The van der Waals surface area contributed by atoms with Crippen LogP contribution in [0.1, 0.15) is 30.4 Å². The summed E-state index contributed by atoms with van der Waals surface area (Å²) < 4.78 is 13.9. The lowest BCUT2D eigenvalue weighted by Crippen LogP contribution is -2.29. The predicted molar refractivity (Wildman–Crippen MR) is 68.3 cm³/mol. The fourth-order valence-electron chi connectivity index (χ4n) is 2.40. The number of piperidine rings is 1. The molecule has 0 unspecified atom stereocenters. The Balaban J connectivity index is 2.00. The SMILES string of the molecule is NCCc1ccc(CN2CCCCC2)c(F)c1. The smallest absolute Gasteiger partial charge is 0.127 e. The zero-order valence-corrected chi connectivity index (χ0v) is 10.3. The van der Waals surface area contributed by atoms with Crippen LogP contribution in [0.3, 0.4) is 0 Å². The minimum absolute atomic E-state index is 0.0819. The molecule has 2 N–H and O–H groups in total. The molecule has 0 atom stereocenters. The molecule has 0 bridgehead atoms. The van der Waals surface area contributed by atoms with Crippen LogP contribution in [0.15, 0.2) is 18.2 Å². The Morgan fingerprint density at radius 1 is 1.18 bits per heavy atom. The van der Waals surface area contributed by atoms with Crippen molar-refractivity contribution in [3.63, 3.8) is 0 Å². The highest BCUT2D eigenvalue weighted by molar-refractivity contribution is 5.24. The molecule has 0 saturated carbocycles. The third-order valence-electron chi connectivity index (χ3n) is 3.39. The van der Waals surface area contributed by atoms with Crippen molar-refractivity contribution in [1.29, 1.82) is 0 Å². The molecule has 2 rings (SSSR count). The fraction of sp³-hybridized carbons (Fsp3) is 0.571. The van der Waals surface area contributed by atoms with Crippen LogP contribution in [-0.2, 0) is 13.0 Å². The molecule has 0 amide bonds. The maximum absolute atomic E-state index is 13.9. The van der Waals surface area contributed by atoms with Gasteiger partial charge in [0.15, 0.2) is 0 Å². The van der Waals surface area contributed by atoms with Crippen molar-refractivity contribution in [3.8, 4) is 0 Å². The van der Waals surface area contributed by atoms with E-state index in [2.05, 4.69) is 4.90 Å². The summed E-state index contributed by atoms with van der Waals surface area (Å²) in [5.74, 6) is -0.0819. The number of hydrogen-bond acceptors (Lipinski definition) is 2. The Labute approximate surface area is 103 Å². The number of likely N-dealkylation sites (tertiary alicyclic amines) is 1. The number of halogens is 1. The first-order chi connectivity index (χ1) is 8.29. The van der Waals surface area contributed by atoms with Crippen LogP contribution in [0.2, 0.25) is 0 Å². The molecule has 1 aliphatic heterocycles. The summed E-state index contributed by atoms with van der Waals surface area (Å²) in [6, 6.07) is 5.54. The van der Waals surface area contributed by atoms with Crippen molar-refractivity contribution < 1.29 is 4.39 Å². The molecule has 0 aromatic heterocycles. The molecule has 2 nitrogen and oxygen atoms in total. The zero-order valence-electron chi connectivity index (χ0n) is 10.3. The van der Waals surface area contributed by atoms with Crippen LogP contribution in [0.4, 0.5) is 4.39 Å². The Hall–Kier alpha value is -0.930. The number of nitrogens with two attached hydrogens (primary N) is 1. The summed E-state index contributed by atoms with van der Waals surface area (Å²) in [6.45, 7) is 3.52. The van der Waals surface area contributed by atoms with Gasteiger partial charge in [-0.05, 0) is 50.5 Å². The van der Waals surface area contributed by atoms with E-state index in [9.17, 15) is 4.39 Å². The molecule has 3 heteroatoms. The van der Waals surface area contributed by atoms with E-state index in [4.69, 9.17) is 5.73 Å². The lowest BCUT2D eigenvalue weighted by Gasteiger charge is -2.26. The van der Waals surface area contributed by atoms with Crippen LogP contribution in [0.25, 0.3) is 0 Å². The van der Waals surface area contributed by atoms with Crippen molar-refractivity contribution in [1.82, 2.24) is 4.90 Å². The van der Waals surface area contributed by atoms with Gasteiger partial charge in [0.1, 0.15) is 5.82 Å². The minimum atomic E-state index is -0.0819. The summed E-state index contributed by atoms with van der Waals surface area (Å²) >= 11 is 0. The Kier molecular flexibility index (Phi) is 4.51. The van der Waals surface area contributed by atoms with Gasteiger partial charge in [-0.25, -0.2) is 4.39 Å². The van der Waals surface area contributed by atoms with Crippen LogP contribution in [0.5, 0.6) is 0 Å². The lowest BCUT2D eigenvalue weighted by atomic mass is 10.1. The number of rotatable bonds is 4. The molecule has 1 fully saturated rings. The minimum Gasteiger partial charge on any atom is -0.330 e. The molecule has 0 radical (unpaired) electrons. The zero-order chi connectivity index (χ0) is 12.1. The molecule has 0 aliphatic carbocycles. The van der Waals surface area contributed by atoms with Gasteiger partial charge in [-0.15, -0.1) is 0 Å². The van der Waals surface area contributed by atoms with E-state index >= 15 is 0 Å². The van der Waals surface area contributed by atoms with Gasteiger partial charge in [-0.2, -0.15) is 0 Å². The second-order valence-corrected chi connectivity index (χ2v) is 4.80. The third-order valence-corrected chi connectivity index (χ3v) is 3.39. The van der Waals surface area contributed by atoms with E-state index in [1.807, 2.05) is 12.1 Å². The third kappa shape index (κ3) is 3.51. The number of hydrogen-bond donors (Lipinski definition) is 1. The average molecular weight is 236 g/mol. The maximum Gasteiger partial charge on any atom is 0.127 e. The van der Waals surface area contributed by atoms with E-state index in [1.54, 1.807) is 6.07 Å². The van der Waals surface area contributed by atoms with Crippen LogP contribution in [-0.4, -0.2) is 24.5 Å². The molecule has 1 saturated heterocycles. The highest BCUT2D eigenvalue weighted by Gasteiger charge is 2.12. The Morgan fingerprint density at radius 2 is 1.94 bits per heavy atom. The molecule has 94 valence electrons. The molecule has 1 heterocycles. The van der Waals surface area contributed by atoms with Crippen molar-refractivity contribution in [3.05, 3.63) is 35.1 Å². The first-order valence-electron chi connectivity index (χ1n) is 6.49. The van der Waals surface area contributed by atoms with Crippen LogP contribution in [0, 0.1) is 5.82 Å². The van der Waals surface area contributed by atoms with E-state index in [-0.39, 0.29) is 5.82 Å². The number of benzene rings is 1. The van der Waals surface area contributed by atoms with Gasteiger partial charge in [0.05, 0.1) is 0 Å². The van der Waals surface area contributed by atoms with Gasteiger partial charge in [-0.3, -0.25) is 4.90 Å². The van der Waals surface area contributed by atoms with E-state index in [0.717, 1.165) is 37.2 Å². The van der Waals surface area contributed by atoms with Crippen LogP contribution < -0.4 is 5.73 Å². The maximum atomic E-state index is 13.9. The van der Waals surface area contributed by atoms with Crippen molar-refractivity contribution in [2.24, 2.45) is 5.73 Å². The van der Waals surface area contributed by atoms with Crippen molar-refractivity contribution >= 4 is 0 Å². The summed E-state index contributed by atoms with van der Waals surface area (Å²) in [7, 11) is 0. The topological polar surface area (TPSA) is 29.3 Å². The quantitative estimate of drug-likeness (QED) is 0.869. The highest BCUT2D eigenvalue weighted by atomic mass is 19.1. The highest BCUT2D eigenvalue weighted by Crippen LogP contribution is 2.16. The first kappa shape index (κ1) is 12.5. The monoisotopic (exact) mass is 236 g/mol. The van der Waals surface area contributed by atoms with E-state index in [0.29, 0.717) is 6.54 Å². The molecular weight excluding hydrogens is 215 g/mol. The van der Waals surface area contributed by atoms with Gasteiger partial charge in [0, 0.05) is 12.1 Å². The molecule has 1 aromatic rings. The molecular formula is C14H21FN2.